The van der Waals surface area contributed by atoms with Gasteiger partial charge in [-0.15, -0.1) is 0 Å². The molecule has 0 aromatic heterocycles. The zero-order chi connectivity index (χ0) is 17.4. The SMILES string of the molecule is OP(O)C(NCCNC(c1ccccc1)P(O)O)c1ccccc1. The third-order valence-corrected chi connectivity index (χ3v) is 5.38. The Kier molecular flexibility index (Phi) is 8.19. The first kappa shape index (κ1) is 19.4. The monoisotopic (exact) mass is 368 g/mol. The second kappa shape index (κ2) is 10.1. The van der Waals surface area contributed by atoms with Gasteiger partial charge in [0.15, 0.2) is 16.8 Å². The summed E-state index contributed by atoms with van der Waals surface area (Å²) in [5.41, 5.74) is 1.61. The molecule has 0 aliphatic rings. The van der Waals surface area contributed by atoms with Crippen LogP contribution in [0.3, 0.4) is 0 Å². The van der Waals surface area contributed by atoms with Gasteiger partial charge in [0.25, 0.3) is 0 Å². The van der Waals surface area contributed by atoms with Gasteiger partial charge in [0.1, 0.15) is 11.6 Å². The lowest BCUT2D eigenvalue weighted by molar-refractivity contribution is 0.434. The summed E-state index contributed by atoms with van der Waals surface area (Å²) in [7, 11) is -4.32. The predicted molar refractivity (Wildman–Crippen MR) is 97.1 cm³/mol. The van der Waals surface area contributed by atoms with E-state index in [4.69, 9.17) is 0 Å². The summed E-state index contributed by atoms with van der Waals surface area (Å²) in [5.74, 6) is -1.08. The maximum Gasteiger partial charge on any atom is 0.188 e. The molecule has 0 heterocycles. The zero-order valence-corrected chi connectivity index (χ0v) is 14.8. The van der Waals surface area contributed by atoms with Crippen LogP contribution in [-0.2, 0) is 0 Å². The Hall–Kier alpha value is -0.940. The van der Waals surface area contributed by atoms with E-state index in [9.17, 15) is 19.6 Å². The molecule has 0 saturated heterocycles. The second-order valence-corrected chi connectivity index (χ2v) is 7.49. The number of nitrogens with one attached hydrogen (secondary N) is 2. The third-order valence-electron chi connectivity index (χ3n) is 3.49. The van der Waals surface area contributed by atoms with Crippen LogP contribution in [0.15, 0.2) is 60.7 Å². The third kappa shape index (κ3) is 5.85. The van der Waals surface area contributed by atoms with E-state index >= 15 is 0 Å². The lowest BCUT2D eigenvalue weighted by atomic mass is 10.2. The molecule has 24 heavy (non-hydrogen) atoms. The van der Waals surface area contributed by atoms with Gasteiger partial charge in [0, 0.05) is 13.1 Å². The fourth-order valence-electron chi connectivity index (χ4n) is 2.35. The van der Waals surface area contributed by atoms with Gasteiger partial charge in [-0.3, -0.25) is 0 Å². The Morgan fingerprint density at radius 3 is 1.25 bits per heavy atom. The average Bonchev–Trinajstić information content (AvgIpc) is 2.59. The summed E-state index contributed by atoms with van der Waals surface area (Å²) in [4.78, 5) is 38.4. The van der Waals surface area contributed by atoms with Crippen LogP contribution in [0.1, 0.15) is 22.7 Å². The molecule has 0 aliphatic heterocycles. The van der Waals surface area contributed by atoms with E-state index in [1.807, 2.05) is 60.7 Å². The van der Waals surface area contributed by atoms with Gasteiger partial charge in [-0.05, 0) is 11.1 Å². The van der Waals surface area contributed by atoms with E-state index in [0.29, 0.717) is 13.1 Å². The maximum atomic E-state index is 9.60. The van der Waals surface area contributed by atoms with E-state index < -0.39 is 28.3 Å². The van der Waals surface area contributed by atoms with Crippen molar-refractivity contribution in [2.24, 2.45) is 0 Å². The van der Waals surface area contributed by atoms with Crippen molar-refractivity contribution in [1.29, 1.82) is 0 Å². The Morgan fingerprint density at radius 1 is 0.625 bits per heavy atom. The normalized spacial score (nSPS) is 14.1. The molecular formula is C16H22N2O4P2. The van der Waals surface area contributed by atoms with Crippen molar-refractivity contribution in [1.82, 2.24) is 10.6 Å². The number of hydrogen-bond acceptors (Lipinski definition) is 6. The largest absolute Gasteiger partial charge is 0.349 e. The molecule has 6 N–H and O–H groups in total. The summed E-state index contributed by atoms with van der Waals surface area (Å²) in [6.07, 6.45) is 0. The first-order valence-electron chi connectivity index (χ1n) is 7.50. The first-order chi connectivity index (χ1) is 11.6. The summed E-state index contributed by atoms with van der Waals surface area (Å²) >= 11 is 0. The van der Waals surface area contributed by atoms with Crippen LogP contribution in [0.2, 0.25) is 0 Å². The van der Waals surface area contributed by atoms with E-state index in [1.165, 1.54) is 0 Å². The highest BCUT2D eigenvalue weighted by atomic mass is 31.2. The Labute approximate surface area is 144 Å². The van der Waals surface area contributed by atoms with Crippen molar-refractivity contribution < 1.29 is 19.6 Å². The Balaban J connectivity index is 1.88. The van der Waals surface area contributed by atoms with Gasteiger partial charge in [-0.25, -0.2) is 0 Å². The van der Waals surface area contributed by atoms with Gasteiger partial charge in [0.05, 0.1) is 0 Å². The Morgan fingerprint density at radius 2 is 0.958 bits per heavy atom. The lowest BCUT2D eigenvalue weighted by Crippen LogP contribution is -2.31. The highest BCUT2D eigenvalue weighted by molar-refractivity contribution is 7.45. The smallest absolute Gasteiger partial charge is 0.188 e. The van der Waals surface area contributed by atoms with Gasteiger partial charge in [-0.2, -0.15) is 0 Å². The summed E-state index contributed by atoms with van der Waals surface area (Å²) < 4.78 is 0. The molecule has 0 saturated carbocycles. The second-order valence-electron chi connectivity index (χ2n) is 5.18. The van der Waals surface area contributed by atoms with Crippen molar-refractivity contribution in [2.45, 2.75) is 11.6 Å². The van der Waals surface area contributed by atoms with Crippen molar-refractivity contribution >= 4 is 16.8 Å². The average molecular weight is 368 g/mol. The first-order valence-corrected chi connectivity index (χ1v) is 10.1. The van der Waals surface area contributed by atoms with Crippen molar-refractivity contribution in [3.05, 3.63) is 71.8 Å². The van der Waals surface area contributed by atoms with Crippen LogP contribution in [0.4, 0.5) is 0 Å². The maximum absolute atomic E-state index is 9.60. The van der Waals surface area contributed by atoms with Crippen LogP contribution in [0.5, 0.6) is 0 Å². The van der Waals surface area contributed by atoms with E-state index in [1.54, 1.807) is 0 Å². The van der Waals surface area contributed by atoms with Crippen LogP contribution in [0, 0.1) is 0 Å². The molecule has 0 bridgehead atoms. The molecular weight excluding hydrogens is 346 g/mol. The predicted octanol–water partition coefficient (Wildman–Crippen LogP) is 2.16. The molecule has 6 nitrogen and oxygen atoms in total. The van der Waals surface area contributed by atoms with Crippen LogP contribution in [0.25, 0.3) is 0 Å². The molecule has 0 spiro atoms. The van der Waals surface area contributed by atoms with Gasteiger partial charge in [0.2, 0.25) is 0 Å². The minimum Gasteiger partial charge on any atom is -0.349 e. The van der Waals surface area contributed by atoms with Gasteiger partial charge < -0.3 is 30.2 Å². The quantitative estimate of drug-likeness (QED) is 0.299. The number of hydrogen-bond donors (Lipinski definition) is 6. The molecule has 2 aromatic carbocycles. The van der Waals surface area contributed by atoms with E-state index in [2.05, 4.69) is 10.6 Å². The van der Waals surface area contributed by atoms with Crippen LogP contribution >= 0.6 is 16.8 Å². The van der Waals surface area contributed by atoms with Crippen molar-refractivity contribution in [3.8, 4) is 0 Å². The molecule has 0 aliphatic carbocycles. The highest BCUT2D eigenvalue weighted by Crippen LogP contribution is 2.42. The molecule has 2 atom stereocenters. The molecule has 0 amide bonds. The Bertz CT molecular complexity index is 534. The molecule has 0 fully saturated rings. The molecule has 2 aromatic rings. The van der Waals surface area contributed by atoms with Crippen molar-refractivity contribution in [3.63, 3.8) is 0 Å². The lowest BCUT2D eigenvalue weighted by Gasteiger charge is -2.23. The van der Waals surface area contributed by atoms with Gasteiger partial charge >= 0.3 is 0 Å². The summed E-state index contributed by atoms with van der Waals surface area (Å²) in [6, 6.07) is 18.5. The van der Waals surface area contributed by atoms with Gasteiger partial charge in [-0.1, -0.05) is 60.7 Å². The standard InChI is InChI=1S/C16H22N2O4P2/c19-23(20)15(13-7-3-1-4-8-13)17-11-12-18-16(24(21)22)14-9-5-2-6-10-14/h1-10,15-22H,11-12H2. The summed E-state index contributed by atoms with van der Waals surface area (Å²) in [5, 5.41) is 6.18. The zero-order valence-electron chi connectivity index (χ0n) is 13.0. The number of benzene rings is 2. The fourth-order valence-corrected chi connectivity index (χ4v) is 3.82. The topological polar surface area (TPSA) is 105 Å². The van der Waals surface area contributed by atoms with Crippen molar-refractivity contribution in [2.75, 3.05) is 13.1 Å². The van der Waals surface area contributed by atoms with Crippen LogP contribution < -0.4 is 10.6 Å². The van der Waals surface area contributed by atoms with E-state index in [-0.39, 0.29) is 0 Å². The molecule has 0 radical (unpaired) electrons. The van der Waals surface area contributed by atoms with E-state index in [0.717, 1.165) is 11.1 Å². The fraction of sp³-hybridized carbons (Fsp3) is 0.250. The number of rotatable bonds is 9. The minimum atomic E-state index is -2.16. The molecule has 2 unspecified atom stereocenters. The summed E-state index contributed by atoms with van der Waals surface area (Å²) in [6.45, 7) is 0.901. The van der Waals surface area contributed by atoms with Crippen LogP contribution in [-0.4, -0.2) is 32.7 Å². The minimum absolute atomic E-state index is 0.450. The highest BCUT2D eigenvalue weighted by Gasteiger charge is 2.21. The molecule has 2 rings (SSSR count). The molecule has 8 heteroatoms. The molecule has 130 valence electrons.